The summed E-state index contributed by atoms with van der Waals surface area (Å²) in [6.45, 7) is 1.72. The third kappa shape index (κ3) is 2.39. The number of nitrogens with zero attached hydrogens (tertiary/aromatic N) is 1. The molecular weight excluding hydrogens is 262 g/mol. The largest absolute Gasteiger partial charge is 0.481 e. The van der Waals surface area contributed by atoms with E-state index in [0.717, 1.165) is 42.8 Å². The number of hydrogen-bond donors (Lipinski definition) is 1. The number of fused-ring (bicyclic) bond motifs is 1. The highest BCUT2D eigenvalue weighted by atomic mass is 32.1. The van der Waals surface area contributed by atoms with Gasteiger partial charge in [0.15, 0.2) is 0 Å². The quantitative estimate of drug-likeness (QED) is 0.902. The molecule has 0 aromatic carbocycles. The zero-order chi connectivity index (χ0) is 13.4. The smallest absolute Gasteiger partial charge is 0.306 e. The molecule has 0 bridgehead atoms. The number of thiophene rings is 1. The predicted molar refractivity (Wildman–Crippen MR) is 72.6 cm³/mol. The van der Waals surface area contributed by atoms with Crippen LogP contribution in [0.5, 0.6) is 0 Å². The van der Waals surface area contributed by atoms with Gasteiger partial charge in [-0.3, -0.25) is 9.59 Å². The Morgan fingerprint density at radius 3 is 2.74 bits per heavy atom. The second-order valence-corrected chi connectivity index (χ2v) is 6.47. The molecule has 1 amide bonds. The highest BCUT2D eigenvalue weighted by molar-refractivity contribution is 7.14. The average Bonchev–Trinajstić information content (AvgIpc) is 3.06. The van der Waals surface area contributed by atoms with Gasteiger partial charge in [-0.2, -0.15) is 0 Å². The van der Waals surface area contributed by atoms with Crippen molar-refractivity contribution < 1.29 is 14.7 Å². The first-order valence-corrected chi connectivity index (χ1v) is 7.60. The monoisotopic (exact) mass is 279 g/mol. The summed E-state index contributed by atoms with van der Waals surface area (Å²) >= 11 is 1.56. The van der Waals surface area contributed by atoms with Crippen molar-refractivity contribution in [1.29, 1.82) is 0 Å². The van der Waals surface area contributed by atoms with E-state index in [4.69, 9.17) is 5.11 Å². The Balaban J connectivity index is 1.79. The highest BCUT2D eigenvalue weighted by Gasteiger charge is 2.28. The van der Waals surface area contributed by atoms with Crippen LogP contribution in [-0.4, -0.2) is 35.0 Å². The summed E-state index contributed by atoms with van der Waals surface area (Å²) < 4.78 is 0. The van der Waals surface area contributed by atoms with Crippen LogP contribution in [0.15, 0.2) is 6.07 Å². The molecule has 102 valence electrons. The molecule has 1 aliphatic carbocycles. The molecule has 0 radical (unpaired) electrons. The van der Waals surface area contributed by atoms with Crippen LogP contribution >= 0.6 is 11.3 Å². The number of carbonyl (C=O) groups is 2. The van der Waals surface area contributed by atoms with Crippen molar-refractivity contribution in [2.24, 2.45) is 5.92 Å². The zero-order valence-electron chi connectivity index (χ0n) is 10.7. The lowest BCUT2D eigenvalue weighted by atomic mass is 9.88. The lowest BCUT2D eigenvalue weighted by Gasteiger charge is -2.17. The second-order valence-electron chi connectivity index (χ2n) is 5.34. The van der Waals surface area contributed by atoms with E-state index in [1.807, 2.05) is 11.0 Å². The van der Waals surface area contributed by atoms with Gasteiger partial charge in [-0.1, -0.05) is 0 Å². The summed E-state index contributed by atoms with van der Waals surface area (Å²) in [7, 11) is 0. The van der Waals surface area contributed by atoms with E-state index in [-0.39, 0.29) is 11.8 Å². The van der Waals surface area contributed by atoms with Crippen molar-refractivity contribution in [3.05, 3.63) is 21.4 Å². The second kappa shape index (κ2) is 4.96. The molecule has 0 saturated carbocycles. The maximum atomic E-state index is 12.3. The van der Waals surface area contributed by atoms with Crippen LogP contribution in [0, 0.1) is 5.92 Å². The van der Waals surface area contributed by atoms with E-state index < -0.39 is 5.97 Å². The van der Waals surface area contributed by atoms with Crippen LogP contribution in [0.3, 0.4) is 0 Å². The molecule has 1 aromatic heterocycles. The number of rotatable bonds is 2. The topological polar surface area (TPSA) is 57.6 Å². The molecule has 2 heterocycles. The van der Waals surface area contributed by atoms with Crippen molar-refractivity contribution in [1.82, 2.24) is 4.90 Å². The summed E-state index contributed by atoms with van der Waals surface area (Å²) in [5.41, 5.74) is 1.08. The van der Waals surface area contributed by atoms with E-state index in [0.29, 0.717) is 12.8 Å². The molecule has 0 spiro atoms. The Labute approximate surface area is 116 Å². The molecule has 1 fully saturated rings. The van der Waals surface area contributed by atoms with Gasteiger partial charge in [-0.05, 0) is 43.7 Å². The van der Waals surface area contributed by atoms with Crippen LogP contribution in [0.4, 0.5) is 0 Å². The standard InChI is InChI=1S/C14H17NO3S/c16-13(15-5-1-2-6-15)12-8-10-7-9(14(17)18)3-4-11(10)19-12/h8-9H,1-7H2,(H,17,18)/t9-/m1/s1. The van der Waals surface area contributed by atoms with Gasteiger partial charge in [0.1, 0.15) is 0 Å². The average molecular weight is 279 g/mol. The van der Waals surface area contributed by atoms with E-state index in [1.54, 1.807) is 11.3 Å². The third-order valence-corrected chi connectivity index (χ3v) is 5.26. The normalized spacial score (nSPS) is 22.3. The van der Waals surface area contributed by atoms with Gasteiger partial charge < -0.3 is 10.0 Å². The summed E-state index contributed by atoms with van der Waals surface area (Å²) in [6.07, 6.45) is 4.26. The van der Waals surface area contributed by atoms with Gasteiger partial charge in [0.2, 0.25) is 0 Å². The maximum Gasteiger partial charge on any atom is 0.306 e. The minimum Gasteiger partial charge on any atom is -0.481 e. The molecule has 4 nitrogen and oxygen atoms in total. The Morgan fingerprint density at radius 1 is 1.32 bits per heavy atom. The lowest BCUT2D eigenvalue weighted by Crippen LogP contribution is -2.26. The molecule has 1 saturated heterocycles. The van der Waals surface area contributed by atoms with Crippen molar-refractivity contribution in [2.75, 3.05) is 13.1 Å². The van der Waals surface area contributed by atoms with Crippen molar-refractivity contribution >= 4 is 23.2 Å². The molecule has 2 aliphatic rings. The maximum absolute atomic E-state index is 12.3. The van der Waals surface area contributed by atoms with Gasteiger partial charge in [-0.25, -0.2) is 0 Å². The number of aliphatic carboxylic acids is 1. The van der Waals surface area contributed by atoms with Gasteiger partial charge in [0, 0.05) is 18.0 Å². The van der Waals surface area contributed by atoms with E-state index in [1.165, 1.54) is 4.88 Å². The Bertz CT molecular complexity index is 517. The van der Waals surface area contributed by atoms with Crippen molar-refractivity contribution in [2.45, 2.75) is 32.1 Å². The Hall–Kier alpha value is -1.36. The predicted octanol–water partition coefficient (Wildman–Crippen LogP) is 2.17. The molecule has 3 rings (SSSR count). The number of carbonyl (C=O) groups excluding carboxylic acids is 1. The summed E-state index contributed by atoms with van der Waals surface area (Å²) in [6, 6.07) is 1.93. The lowest BCUT2D eigenvalue weighted by molar-refractivity contribution is -0.142. The fourth-order valence-corrected chi connectivity index (χ4v) is 4.09. The van der Waals surface area contributed by atoms with Gasteiger partial charge in [0.25, 0.3) is 5.91 Å². The van der Waals surface area contributed by atoms with Crippen LogP contribution in [-0.2, 0) is 17.6 Å². The van der Waals surface area contributed by atoms with Crippen molar-refractivity contribution in [3.63, 3.8) is 0 Å². The van der Waals surface area contributed by atoms with Crippen LogP contribution in [0.1, 0.15) is 39.4 Å². The van der Waals surface area contributed by atoms with Gasteiger partial charge in [-0.15, -0.1) is 11.3 Å². The molecule has 1 N–H and O–H groups in total. The van der Waals surface area contributed by atoms with Gasteiger partial charge >= 0.3 is 5.97 Å². The van der Waals surface area contributed by atoms with Crippen LogP contribution < -0.4 is 0 Å². The first-order chi connectivity index (χ1) is 9.15. The first-order valence-electron chi connectivity index (χ1n) is 6.79. The summed E-state index contributed by atoms with van der Waals surface area (Å²) in [5.74, 6) is -0.870. The SMILES string of the molecule is O=C(O)[C@@H]1CCc2sc(C(=O)N3CCCC3)cc2C1. The van der Waals surface area contributed by atoms with Crippen molar-refractivity contribution in [3.8, 4) is 0 Å². The Morgan fingerprint density at radius 2 is 2.05 bits per heavy atom. The summed E-state index contributed by atoms with van der Waals surface area (Å²) in [5, 5.41) is 9.08. The van der Waals surface area contributed by atoms with Crippen LogP contribution in [0.25, 0.3) is 0 Å². The number of likely N-dealkylation sites (tertiary alicyclic amines) is 1. The Kier molecular flexibility index (Phi) is 3.31. The fourth-order valence-electron chi connectivity index (χ4n) is 2.92. The number of hydrogen-bond acceptors (Lipinski definition) is 3. The third-order valence-electron chi connectivity index (χ3n) is 4.04. The minimum absolute atomic E-state index is 0.128. The number of amides is 1. The first kappa shape index (κ1) is 12.7. The zero-order valence-corrected chi connectivity index (χ0v) is 11.5. The molecule has 1 aliphatic heterocycles. The summed E-state index contributed by atoms with van der Waals surface area (Å²) in [4.78, 5) is 27.2. The number of carboxylic acid groups (broad SMARTS) is 1. The van der Waals surface area contributed by atoms with E-state index >= 15 is 0 Å². The molecule has 19 heavy (non-hydrogen) atoms. The van der Waals surface area contributed by atoms with E-state index in [2.05, 4.69) is 0 Å². The molecule has 0 unspecified atom stereocenters. The molecule has 5 heteroatoms. The molecule has 1 aromatic rings. The molecular formula is C14H17NO3S. The number of carboxylic acids is 1. The minimum atomic E-state index is -0.718. The van der Waals surface area contributed by atoms with E-state index in [9.17, 15) is 9.59 Å². The molecule has 1 atom stereocenters. The number of aryl methyl sites for hydroxylation is 1. The highest BCUT2D eigenvalue weighted by Crippen LogP contribution is 2.33. The fraction of sp³-hybridized carbons (Fsp3) is 0.571. The van der Waals surface area contributed by atoms with Gasteiger partial charge in [0.05, 0.1) is 10.8 Å². The van der Waals surface area contributed by atoms with Crippen LogP contribution in [0.2, 0.25) is 0 Å².